The Labute approximate surface area is 111 Å². The number of aromatic carboxylic acids is 1. The Morgan fingerprint density at radius 1 is 1.56 bits per heavy atom. The molecule has 1 aromatic carbocycles. The van der Waals surface area contributed by atoms with Gasteiger partial charge in [-0.05, 0) is 38.5 Å². The highest BCUT2D eigenvalue weighted by molar-refractivity contribution is 6.31. The normalized spacial score (nSPS) is 10.8. The van der Waals surface area contributed by atoms with E-state index in [0.29, 0.717) is 11.4 Å². The van der Waals surface area contributed by atoms with E-state index in [9.17, 15) is 4.79 Å². The molecule has 0 unspecified atom stereocenters. The second-order valence-corrected chi connectivity index (χ2v) is 4.98. The highest BCUT2D eigenvalue weighted by Crippen LogP contribution is 2.25. The average Bonchev–Trinajstić information content (AvgIpc) is 2.30. The lowest BCUT2D eigenvalue weighted by molar-refractivity contribution is 0.0692. The molecule has 4 nitrogen and oxygen atoms in total. The summed E-state index contributed by atoms with van der Waals surface area (Å²) in [6, 6.07) is 6.59. The summed E-state index contributed by atoms with van der Waals surface area (Å²) in [6.07, 6.45) is 0.519. The third-order valence-corrected chi connectivity index (χ3v) is 2.69. The summed E-state index contributed by atoms with van der Waals surface area (Å²) in [6.45, 7) is 3.88. The van der Waals surface area contributed by atoms with Gasteiger partial charge in [0.2, 0.25) is 0 Å². The van der Waals surface area contributed by atoms with Crippen LogP contribution < -0.4 is 4.74 Å². The molecule has 0 spiro atoms. The number of hydrogen-bond donors (Lipinski definition) is 1. The standard InChI is InChI=1S/C13H14ClNO3/c1-13(2,8-15)5-6-18-11-4-3-9(14)7-10(11)12(16)17/h3-4,7H,5-6H2,1-2H3,(H,16,17). The Morgan fingerprint density at radius 3 is 2.78 bits per heavy atom. The lowest BCUT2D eigenvalue weighted by atomic mass is 9.92. The number of nitriles is 1. The van der Waals surface area contributed by atoms with Crippen LogP contribution in [0.15, 0.2) is 18.2 Å². The quantitative estimate of drug-likeness (QED) is 0.888. The zero-order chi connectivity index (χ0) is 13.8. The van der Waals surface area contributed by atoms with E-state index < -0.39 is 11.4 Å². The molecule has 0 amide bonds. The van der Waals surface area contributed by atoms with E-state index in [-0.39, 0.29) is 17.9 Å². The molecule has 0 radical (unpaired) electrons. The Bertz CT molecular complexity index is 491. The van der Waals surface area contributed by atoms with E-state index >= 15 is 0 Å². The van der Waals surface area contributed by atoms with Crippen molar-refractivity contribution in [2.75, 3.05) is 6.61 Å². The lowest BCUT2D eigenvalue weighted by Gasteiger charge is -2.16. The maximum absolute atomic E-state index is 11.0. The second kappa shape index (κ2) is 5.74. The van der Waals surface area contributed by atoms with Crippen LogP contribution in [-0.2, 0) is 0 Å². The Hall–Kier alpha value is -1.73. The first-order valence-corrected chi connectivity index (χ1v) is 5.80. The zero-order valence-electron chi connectivity index (χ0n) is 10.2. The number of ether oxygens (including phenoxy) is 1. The van der Waals surface area contributed by atoms with Crippen molar-refractivity contribution in [2.45, 2.75) is 20.3 Å². The molecule has 1 rings (SSSR count). The van der Waals surface area contributed by atoms with Crippen LogP contribution in [0.25, 0.3) is 0 Å². The molecule has 0 heterocycles. The van der Waals surface area contributed by atoms with E-state index in [1.54, 1.807) is 19.9 Å². The Balaban J connectivity index is 2.74. The van der Waals surface area contributed by atoms with Gasteiger partial charge >= 0.3 is 5.97 Å². The van der Waals surface area contributed by atoms with Gasteiger partial charge in [-0.25, -0.2) is 4.79 Å². The van der Waals surface area contributed by atoms with E-state index in [0.717, 1.165) is 0 Å². The van der Waals surface area contributed by atoms with E-state index in [2.05, 4.69) is 6.07 Å². The predicted molar refractivity (Wildman–Crippen MR) is 67.9 cm³/mol. The smallest absolute Gasteiger partial charge is 0.339 e. The summed E-state index contributed by atoms with van der Waals surface area (Å²) < 4.78 is 5.40. The molecule has 0 bridgehead atoms. The molecular weight excluding hydrogens is 254 g/mol. The monoisotopic (exact) mass is 267 g/mol. The van der Waals surface area contributed by atoms with Gasteiger partial charge < -0.3 is 9.84 Å². The van der Waals surface area contributed by atoms with Crippen LogP contribution in [0.1, 0.15) is 30.6 Å². The third-order valence-electron chi connectivity index (χ3n) is 2.46. The number of carboxylic acids is 1. The molecule has 0 saturated carbocycles. The lowest BCUT2D eigenvalue weighted by Crippen LogP contribution is -2.14. The maximum Gasteiger partial charge on any atom is 0.339 e. The fraction of sp³-hybridized carbons (Fsp3) is 0.385. The highest BCUT2D eigenvalue weighted by Gasteiger charge is 2.18. The number of carboxylic acid groups (broad SMARTS) is 1. The molecule has 1 N–H and O–H groups in total. The molecule has 1 aromatic rings. The zero-order valence-corrected chi connectivity index (χ0v) is 11.0. The third kappa shape index (κ3) is 3.94. The molecule has 18 heavy (non-hydrogen) atoms. The van der Waals surface area contributed by atoms with Crippen molar-refractivity contribution >= 4 is 17.6 Å². The Morgan fingerprint density at radius 2 is 2.22 bits per heavy atom. The summed E-state index contributed by atoms with van der Waals surface area (Å²) in [5, 5.41) is 18.2. The van der Waals surface area contributed by atoms with Gasteiger partial charge in [-0.15, -0.1) is 0 Å². The molecule has 5 heteroatoms. The van der Waals surface area contributed by atoms with Gasteiger partial charge in [0.15, 0.2) is 0 Å². The SMILES string of the molecule is CC(C)(C#N)CCOc1ccc(Cl)cc1C(=O)O. The van der Waals surface area contributed by atoms with E-state index in [1.807, 2.05) is 0 Å². The minimum atomic E-state index is -1.09. The summed E-state index contributed by atoms with van der Waals surface area (Å²) in [7, 11) is 0. The number of benzene rings is 1. The number of halogens is 1. The molecule has 0 atom stereocenters. The van der Waals surface area contributed by atoms with E-state index in [4.69, 9.17) is 26.7 Å². The Kier molecular flexibility index (Phi) is 4.57. The van der Waals surface area contributed by atoms with Crippen molar-refractivity contribution in [3.05, 3.63) is 28.8 Å². The van der Waals surface area contributed by atoms with Gasteiger partial charge in [0.05, 0.1) is 18.1 Å². The molecule has 0 aromatic heterocycles. The average molecular weight is 268 g/mol. The van der Waals surface area contributed by atoms with Gasteiger partial charge in [-0.2, -0.15) is 5.26 Å². The van der Waals surface area contributed by atoms with E-state index in [1.165, 1.54) is 12.1 Å². The molecule has 0 saturated heterocycles. The van der Waals surface area contributed by atoms with Gasteiger partial charge in [0.1, 0.15) is 11.3 Å². The molecule has 0 aliphatic rings. The second-order valence-electron chi connectivity index (χ2n) is 4.54. The van der Waals surface area contributed by atoms with Crippen LogP contribution in [0.2, 0.25) is 5.02 Å². The van der Waals surface area contributed by atoms with Crippen LogP contribution in [0, 0.1) is 16.7 Å². The molecule has 0 aliphatic carbocycles. The highest BCUT2D eigenvalue weighted by atomic mass is 35.5. The first-order chi connectivity index (χ1) is 8.35. The maximum atomic E-state index is 11.0. The van der Waals surface area contributed by atoms with Gasteiger partial charge in [0, 0.05) is 5.02 Å². The number of rotatable bonds is 5. The first kappa shape index (κ1) is 14.3. The topological polar surface area (TPSA) is 70.3 Å². The largest absolute Gasteiger partial charge is 0.493 e. The minimum absolute atomic E-state index is 0.0252. The summed E-state index contributed by atoms with van der Waals surface area (Å²) >= 11 is 5.73. The van der Waals surface area contributed by atoms with Crippen molar-refractivity contribution in [3.8, 4) is 11.8 Å². The number of nitrogens with zero attached hydrogens (tertiary/aromatic N) is 1. The van der Waals surface area contributed by atoms with Crippen molar-refractivity contribution < 1.29 is 14.6 Å². The molecule has 96 valence electrons. The minimum Gasteiger partial charge on any atom is -0.493 e. The van der Waals surface area contributed by atoms with Gasteiger partial charge in [-0.1, -0.05) is 11.6 Å². The molecule has 0 aliphatic heterocycles. The predicted octanol–water partition coefficient (Wildman–Crippen LogP) is 3.36. The van der Waals surface area contributed by atoms with Crippen LogP contribution in [0.3, 0.4) is 0 Å². The van der Waals surface area contributed by atoms with Crippen LogP contribution in [-0.4, -0.2) is 17.7 Å². The first-order valence-electron chi connectivity index (χ1n) is 5.42. The summed E-state index contributed by atoms with van der Waals surface area (Å²) in [5.74, 6) is -0.826. The number of carbonyl (C=O) groups is 1. The molecule has 0 fully saturated rings. The fourth-order valence-corrected chi connectivity index (χ4v) is 1.44. The van der Waals surface area contributed by atoms with Crippen molar-refractivity contribution in [1.29, 1.82) is 5.26 Å². The number of hydrogen-bond acceptors (Lipinski definition) is 3. The van der Waals surface area contributed by atoms with Gasteiger partial charge in [-0.3, -0.25) is 0 Å². The van der Waals surface area contributed by atoms with Crippen molar-refractivity contribution in [1.82, 2.24) is 0 Å². The summed E-state index contributed by atoms with van der Waals surface area (Å²) in [4.78, 5) is 11.0. The molecular formula is C13H14ClNO3. The fourth-order valence-electron chi connectivity index (χ4n) is 1.27. The van der Waals surface area contributed by atoms with Crippen LogP contribution in [0.4, 0.5) is 0 Å². The van der Waals surface area contributed by atoms with Crippen molar-refractivity contribution in [2.24, 2.45) is 5.41 Å². The van der Waals surface area contributed by atoms with Crippen molar-refractivity contribution in [3.63, 3.8) is 0 Å². The van der Waals surface area contributed by atoms with Crippen LogP contribution >= 0.6 is 11.6 Å². The van der Waals surface area contributed by atoms with Gasteiger partial charge in [0.25, 0.3) is 0 Å². The van der Waals surface area contributed by atoms with Crippen LogP contribution in [0.5, 0.6) is 5.75 Å². The summed E-state index contributed by atoms with van der Waals surface area (Å²) in [5.41, 5.74) is -0.465.